The van der Waals surface area contributed by atoms with E-state index in [1.165, 1.54) is 0 Å². The van der Waals surface area contributed by atoms with Gasteiger partial charge >= 0.3 is 0 Å². The zero-order valence-corrected chi connectivity index (χ0v) is 15.1. The molecule has 0 atom stereocenters. The number of amides is 2. The van der Waals surface area contributed by atoms with E-state index in [-0.39, 0.29) is 12.5 Å². The van der Waals surface area contributed by atoms with Gasteiger partial charge in [0.2, 0.25) is 0 Å². The monoisotopic (exact) mass is 444 g/mol. The lowest BCUT2D eigenvalue weighted by molar-refractivity contribution is -0.123. The van der Waals surface area contributed by atoms with Gasteiger partial charge in [0.1, 0.15) is 5.75 Å². The summed E-state index contributed by atoms with van der Waals surface area (Å²) < 4.78 is 6.32. The highest BCUT2D eigenvalue weighted by atomic mass is 127. The SMILES string of the molecule is Cc1cc(Cl)ccc1OCC(=O)NNC(=O)c1cccc(I)c1. The van der Waals surface area contributed by atoms with Crippen molar-refractivity contribution in [1.82, 2.24) is 10.9 Å². The van der Waals surface area contributed by atoms with Crippen molar-refractivity contribution in [2.75, 3.05) is 6.61 Å². The van der Waals surface area contributed by atoms with E-state index < -0.39 is 5.91 Å². The Morgan fingerprint density at radius 2 is 1.96 bits per heavy atom. The number of hydrogen-bond acceptors (Lipinski definition) is 3. The average Bonchev–Trinajstić information content (AvgIpc) is 2.51. The molecule has 0 bridgehead atoms. The third-order valence-corrected chi connectivity index (χ3v) is 3.80. The number of benzene rings is 2. The Balaban J connectivity index is 1.82. The number of carbonyl (C=O) groups excluding carboxylic acids is 2. The third-order valence-electron chi connectivity index (χ3n) is 2.90. The van der Waals surface area contributed by atoms with E-state index in [0.29, 0.717) is 16.3 Å². The Hall–Kier alpha value is -1.80. The van der Waals surface area contributed by atoms with E-state index in [9.17, 15) is 9.59 Å². The summed E-state index contributed by atoms with van der Waals surface area (Å²) in [7, 11) is 0. The second-order valence-electron chi connectivity index (χ2n) is 4.71. The zero-order chi connectivity index (χ0) is 16.8. The molecule has 2 N–H and O–H groups in total. The molecule has 7 heteroatoms. The maximum absolute atomic E-state index is 11.9. The molecule has 5 nitrogen and oxygen atoms in total. The standard InChI is InChI=1S/C16H14ClIN2O3/c1-10-7-12(17)5-6-14(10)23-9-15(21)19-20-16(22)11-3-2-4-13(18)8-11/h2-8H,9H2,1H3,(H,19,21)(H,20,22). The van der Waals surface area contributed by atoms with Crippen LogP contribution in [0.5, 0.6) is 5.75 Å². The molecule has 0 heterocycles. The van der Waals surface area contributed by atoms with Crippen LogP contribution in [0.2, 0.25) is 5.02 Å². The molecule has 0 spiro atoms. The van der Waals surface area contributed by atoms with Crippen molar-refractivity contribution >= 4 is 46.0 Å². The summed E-state index contributed by atoms with van der Waals surface area (Å²) in [6.07, 6.45) is 0. The first kappa shape index (κ1) is 17.6. The number of carbonyl (C=O) groups is 2. The lowest BCUT2D eigenvalue weighted by Crippen LogP contribution is -2.43. The van der Waals surface area contributed by atoms with Crippen molar-refractivity contribution in [3.05, 3.63) is 62.2 Å². The Kier molecular flexibility index (Phi) is 6.23. The molecule has 0 fully saturated rings. The summed E-state index contributed by atoms with van der Waals surface area (Å²) in [6, 6.07) is 12.1. The average molecular weight is 445 g/mol. The van der Waals surface area contributed by atoms with Crippen LogP contribution in [0.15, 0.2) is 42.5 Å². The third kappa shape index (κ3) is 5.40. The van der Waals surface area contributed by atoms with Gasteiger partial charge in [0.05, 0.1) is 0 Å². The van der Waals surface area contributed by atoms with E-state index in [1.807, 2.05) is 13.0 Å². The highest BCUT2D eigenvalue weighted by molar-refractivity contribution is 14.1. The molecule has 0 unspecified atom stereocenters. The molecular weight excluding hydrogens is 431 g/mol. The van der Waals surface area contributed by atoms with Gasteiger partial charge < -0.3 is 4.74 Å². The van der Waals surface area contributed by atoms with Crippen LogP contribution in [0.3, 0.4) is 0 Å². The summed E-state index contributed by atoms with van der Waals surface area (Å²) >= 11 is 7.96. The number of aryl methyl sites for hydroxylation is 1. The molecule has 0 aliphatic rings. The number of nitrogens with one attached hydrogen (secondary N) is 2. The number of halogens is 2. The van der Waals surface area contributed by atoms with Crippen LogP contribution >= 0.6 is 34.2 Å². The zero-order valence-electron chi connectivity index (χ0n) is 12.2. The molecule has 23 heavy (non-hydrogen) atoms. The van der Waals surface area contributed by atoms with Crippen LogP contribution in [0.25, 0.3) is 0 Å². The fourth-order valence-corrected chi connectivity index (χ4v) is 2.55. The first-order chi connectivity index (χ1) is 11.0. The lowest BCUT2D eigenvalue weighted by atomic mass is 10.2. The summed E-state index contributed by atoms with van der Waals surface area (Å²) in [5.41, 5.74) is 5.94. The Morgan fingerprint density at radius 1 is 1.17 bits per heavy atom. The Bertz CT molecular complexity index is 737. The molecule has 0 aliphatic carbocycles. The Labute approximate surface area is 152 Å². The summed E-state index contributed by atoms with van der Waals surface area (Å²) in [6.45, 7) is 1.62. The van der Waals surface area contributed by atoms with Gasteiger partial charge in [-0.3, -0.25) is 20.4 Å². The highest BCUT2D eigenvalue weighted by Gasteiger charge is 2.09. The molecule has 120 valence electrons. The molecule has 2 aromatic rings. The predicted molar refractivity (Wildman–Crippen MR) is 96.5 cm³/mol. The Morgan fingerprint density at radius 3 is 2.65 bits per heavy atom. The van der Waals surface area contributed by atoms with Gasteiger partial charge in [0, 0.05) is 14.2 Å². The van der Waals surface area contributed by atoms with Crippen LogP contribution in [-0.2, 0) is 4.79 Å². The van der Waals surface area contributed by atoms with Crippen LogP contribution in [0.4, 0.5) is 0 Å². The molecule has 0 radical (unpaired) electrons. The smallest absolute Gasteiger partial charge is 0.276 e. The summed E-state index contributed by atoms with van der Waals surface area (Å²) in [5, 5.41) is 0.601. The van der Waals surface area contributed by atoms with Crippen molar-refractivity contribution in [2.45, 2.75) is 6.92 Å². The number of hydrogen-bond donors (Lipinski definition) is 2. The summed E-state index contributed by atoms with van der Waals surface area (Å²) in [5.74, 6) is -0.286. The van der Waals surface area contributed by atoms with Crippen LogP contribution in [0, 0.1) is 10.5 Å². The van der Waals surface area contributed by atoms with Gasteiger partial charge in [-0.15, -0.1) is 0 Å². The van der Waals surface area contributed by atoms with Crippen molar-refractivity contribution in [3.63, 3.8) is 0 Å². The fourth-order valence-electron chi connectivity index (χ4n) is 1.78. The van der Waals surface area contributed by atoms with E-state index in [4.69, 9.17) is 16.3 Å². The normalized spacial score (nSPS) is 10.0. The minimum Gasteiger partial charge on any atom is -0.483 e. The lowest BCUT2D eigenvalue weighted by Gasteiger charge is -2.10. The van der Waals surface area contributed by atoms with E-state index in [1.54, 1.807) is 36.4 Å². The fraction of sp³-hybridized carbons (Fsp3) is 0.125. The molecule has 0 aromatic heterocycles. The van der Waals surface area contributed by atoms with Gasteiger partial charge in [-0.05, 0) is 71.5 Å². The quantitative estimate of drug-likeness (QED) is 0.563. The minimum absolute atomic E-state index is 0.213. The van der Waals surface area contributed by atoms with Crippen LogP contribution in [-0.4, -0.2) is 18.4 Å². The van der Waals surface area contributed by atoms with Crippen molar-refractivity contribution in [2.24, 2.45) is 0 Å². The molecular formula is C16H14ClIN2O3. The van der Waals surface area contributed by atoms with E-state index in [0.717, 1.165) is 9.13 Å². The molecule has 0 saturated carbocycles. The second kappa shape index (κ2) is 8.16. The first-order valence-electron chi connectivity index (χ1n) is 6.69. The van der Waals surface area contributed by atoms with Gasteiger partial charge in [-0.1, -0.05) is 17.7 Å². The number of rotatable bonds is 4. The highest BCUT2D eigenvalue weighted by Crippen LogP contribution is 2.21. The van der Waals surface area contributed by atoms with E-state index >= 15 is 0 Å². The molecule has 0 saturated heterocycles. The number of hydrazine groups is 1. The minimum atomic E-state index is -0.460. The van der Waals surface area contributed by atoms with E-state index in [2.05, 4.69) is 33.4 Å². The first-order valence-corrected chi connectivity index (χ1v) is 8.15. The van der Waals surface area contributed by atoms with Gasteiger partial charge in [-0.25, -0.2) is 0 Å². The van der Waals surface area contributed by atoms with Crippen molar-refractivity contribution < 1.29 is 14.3 Å². The molecule has 2 rings (SSSR count). The van der Waals surface area contributed by atoms with Gasteiger partial charge in [0.25, 0.3) is 11.8 Å². The second-order valence-corrected chi connectivity index (χ2v) is 6.39. The van der Waals surface area contributed by atoms with Crippen LogP contribution < -0.4 is 15.6 Å². The molecule has 2 aromatic carbocycles. The molecule has 2 amide bonds. The van der Waals surface area contributed by atoms with Crippen molar-refractivity contribution in [3.8, 4) is 5.75 Å². The predicted octanol–water partition coefficient (Wildman–Crippen LogP) is 3.09. The largest absolute Gasteiger partial charge is 0.483 e. The maximum atomic E-state index is 11.9. The van der Waals surface area contributed by atoms with Crippen LogP contribution in [0.1, 0.15) is 15.9 Å². The maximum Gasteiger partial charge on any atom is 0.276 e. The molecule has 0 aliphatic heterocycles. The number of ether oxygens (including phenoxy) is 1. The van der Waals surface area contributed by atoms with Gasteiger partial charge in [-0.2, -0.15) is 0 Å². The van der Waals surface area contributed by atoms with Gasteiger partial charge in [0.15, 0.2) is 6.61 Å². The summed E-state index contributed by atoms with van der Waals surface area (Å²) in [4.78, 5) is 23.6. The van der Waals surface area contributed by atoms with Crippen molar-refractivity contribution in [1.29, 1.82) is 0 Å². The topological polar surface area (TPSA) is 67.4 Å².